The number of nitrogens with zero attached hydrogens (tertiary/aromatic N) is 3. The summed E-state index contributed by atoms with van der Waals surface area (Å²) in [5, 5.41) is 12.7. The summed E-state index contributed by atoms with van der Waals surface area (Å²) in [5.41, 5.74) is 0. The minimum atomic E-state index is -0.704. The topological polar surface area (TPSA) is 79.5 Å². The van der Waals surface area contributed by atoms with Crippen LogP contribution in [-0.2, 0) is 11.3 Å². The van der Waals surface area contributed by atoms with Crippen molar-refractivity contribution in [2.45, 2.75) is 44.6 Å². The van der Waals surface area contributed by atoms with E-state index >= 15 is 0 Å². The summed E-state index contributed by atoms with van der Waals surface area (Å²) in [6.45, 7) is 2.63. The van der Waals surface area contributed by atoms with Gasteiger partial charge in [-0.1, -0.05) is 5.16 Å². The average molecular weight is 265 g/mol. The predicted molar refractivity (Wildman–Crippen MR) is 66.5 cm³/mol. The van der Waals surface area contributed by atoms with Crippen LogP contribution in [0.15, 0.2) is 4.52 Å². The Labute approximate surface area is 111 Å². The molecular weight excluding hydrogens is 246 g/mol. The maximum atomic E-state index is 10.6. The molecule has 19 heavy (non-hydrogen) atoms. The van der Waals surface area contributed by atoms with Crippen LogP contribution >= 0.6 is 0 Å². The summed E-state index contributed by atoms with van der Waals surface area (Å²) < 4.78 is 5.26. The molecule has 104 valence electrons. The Hall–Kier alpha value is -1.43. The van der Waals surface area contributed by atoms with Crippen LogP contribution in [0.2, 0.25) is 0 Å². The summed E-state index contributed by atoms with van der Waals surface area (Å²) >= 11 is 0. The van der Waals surface area contributed by atoms with Crippen molar-refractivity contribution in [2.24, 2.45) is 5.92 Å². The highest BCUT2D eigenvalue weighted by Gasteiger charge is 2.30. The van der Waals surface area contributed by atoms with E-state index in [0.29, 0.717) is 24.3 Å². The quantitative estimate of drug-likeness (QED) is 0.842. The van der Waals surface area contributed by atoms with E-state index in [1.807, 2.05) is 0 Å². The molecule has 1 N–H and O–H groups in total. The Kier molecular flexibility index (Phi) is 3.50. The van der Waals surface area contributed by atoms with Crippen LogP contribution in [0.1, 0.15) is 49.7 Å². The molecule has 2 fully saturated rings. The van der Waals surface area contributed by atoms with Crippen molar-refractivity contribution in [3.63, 3.8) is 0 Å². The van der Waals surface area contributed by atoms with Crippen molar-refractivity contribution < 1.29 is 14.4 Å². The Balaban J connectivity index is 1.46. The smallest absolute Gasteiger partial charge is 0.303 e. The minimum Gasteiger partial charge on any atom is -0.481 e. The third-order valence-corrected chi connectivity index (χ3v) is 3.92. The van der Waals surface area contributed by atoms with Crippen LogP contribution in [0.3, 0.4) is 0 Å². The number of likely N-dealkylation sites (tertiary alicyclic amines) is 1. The first kappa shape index (κ1) is 12.6. The van der Waals surface area contributed by atoms with Gasteiger partial charge in [0.15, 0.2) is 5.82 Å². The summed E-state index contributed by atoms with van der Waals surface area (Å²) in [7, 11) is 0. The van der Waals surface area contributed by atoms with Gasteiger partial charge in [0.1, 0.15) is 0 Å². The molecule has 0 bridgehead atoms. The first-order valence-corrected chi connectivity index (χ1v) is 6.97. The van der Waals surface area contributed by atoms with E-state index in [-0.39, 0.29) is 6.42 Å². The number of carbonyl (C=O) groups is 1. The highest BCUT2D eigenvalue weighted by Crippen LogP contribution is 2.38. The first-order chi connectivity index (χ1) is 9.20. The van der Waals surface area contributed by atoms with Gasteiger partial charge in [0, 0.05) is 18.9 Å². The normalized spacial score (nSPS) is 23.9. The van der Waals surface area contributed by atoms with E-state index in [1.165, 1.54) is 12.8 Å². The van der Waals surface area contributed by atoms with Gasteiger partial charge in [-0.05, 0) is 38.1 Å². The molecule has 1 atom stereocenters. The van der Waals surface area contributed by atoms with Gasteiger partial charge in [-0.2, -0.15) is 4.98 Å². The van der Waals surface area contributed by atoms with Gasteiger partial charge in [-0.15, -0.1) is 0 Å². The van der Waals surface area contributed by atoms with E-state index in [2.05, 4.69) is 15.0 Å². The molecule has 2 aliphatic rings. The van der Waals surface area contributed by atoms with Gasteiger partial charge in [-0.25, -0.2) is 0 Å². The Morgan fingerprint density at radius 3 is 3.00 bits per heavy atom. The summed E-state index contributed by atoms with van der Waals surface area (Å²) in [5.74, 6) is 1.86. The summed E-state index contributed by atoms with van der Waals surface area (Å²) in [6.07, 6.45) is 4.46. The molecule has 1 saturated carbocycles. The predicted octanol–water partition coefficient (Wildman–Crippen LogP) is 1.63. The molecule has 0 spiro atoms. The van der Waals surface area contributed by atoms with Crippen LogP contribution < -0.4 is 0 Å². The van der Waals surface area contributed by atoms with Gasteiger partial charge in [0.25, 0.3) is 0 Å². The average Bonchev–Trinajstić information content (AvgIpc) is 2.96. The minimum absolute atomic E-state index is 0.269. The van der Waals surface area contributed by atoms with Crippen molar-refractivity contribution in [3.05, 3.63) is 11.7 Å². The standard InChI is InChI=1S/C13H19N3O3/c17-12(18)4-1-9-5-6-16(7-9)8-11-14-13(15-19-11)10-2-3-10/h9-10H,1-8H2,(H,17,18). The molecule has 0 radical (unpaired) electrons. The number of hydrogen-bond donors (Lipinski definition) is 1. The number of carboxylic acids is 1. The Bertz CT molecular complexity index is 456. The van der Waals surface area contributed by atoms with E-state index in [9.17, 15) is 4.79 Å². The fourth-order valence-corrected chi connectivity index (χ4v) is 2.65. The largest absolute Gasteiger partial charge is 0.481 e. The van der Waals surface area contributed by atoms with E-state index < -0.39 is 5.97 Å². The molecule has 1 saturated heterocycles. The zero-order chi connectivity index (χ0) is 13.2. The molecular formula is C13H19N3O3. The number of carboxylic acid groups (broad SMARTS) is 1. The summed E-state index contributed by atoms with van der Waals surface area (Å²) in [6, 6.07) is 0. The maximum absolute atomic E-state index is 10.6. The second-order valence-corrected chi connectivity index (χ2v) is 5.64. The Morgan fingerprint density at radius 2 is 2.26 bits per heavy atom. The SMILES string of the molecule is O=C(O)CCC1CCN(Cc2nc(C3CC3)no2)C1. The molecule has 0 amide bonds. The maximum Gasteiger partial charge on any atom is 0.303 e. The van der Waals surface area contributed by atoms with Crippen LogP contribution in [0.5, 0.6) is 0 Å². The molecule has 1 aromatic heterocycles. The van der Waals surface area contributed by atoms with Gasteiger partial charge < -0.3 is 9.63 Å². The molecule has 1 unspecified atom stereocenters. The van der Waals surface area contributed by atoms with E-state index in [4.69, 9.17) is 9.63 Å². The second-order valence-electron chi connectivity index (χ2n) is 5.64. The van der Waals surface area contributed by atoms with E-state index in [1.54, 1.807) is 0 Å². The lowest BCUT2D eigenvalue weighted by Gasteiger charge is -2.12. The molecule has 6 heteroatoms. The summed E-state index contributed by atoms with van der Waals surface area (Å²) in [4.78, 5) is 17.3. The van der Waals surface area contributed by atoms with Crippen molar-refractivity contribution in [2.75, 3.05) is 13.1 Å². The third kappa shape index (κ3) is 3.32. The van der Waals surface area contributed by atoms with E-state index in [0.717, 1.165) is 31.8 Å². The zero-order valence-electron chi connectivity index (χ0n) is 10.9. The van der Waals surface area contributed by atoms with Crippen molar-refractivity contribution in [1.29, 1.82) is 0 Å². The van der Waals surface area contributed by atoms with Gasteiger partial charge in [0.05, 0.1) is 6.54 Å². The van der Waals surface area contributed by atoms with Crippen molar-refractivity contribution >= 4 is 5.97 Å². The molecule has 1 aliphatic heterocycles. The Morgan fingerprint density at radius 1 is 1.42 bits per heavy atom. The highest BCUT2D eigenvalue weighted by atomic mass is 16.5. The molecule has 1 aliphatic carbocycles. The van der Waals surface area contributed by atoms with Gasteiger partial charge >= 0.3 is 5.97 Å². The van der Waals surface area contributed by atoms with Crippen LogP contribution in [0, 0.1) is 5.92 Å². The molecule has 2 heterocycles. The zero-order valence-corrected chi connectivity index (χ0v) is 10.9. The second kappa shape index (κ2) is 5.28. The monoisotopic (exact) mass is 265 g/mol. The lowest BCUT2D eigenvalue weighted by Crippen LogP contribution is -2.20. The van der Waals surface area contributed by atoms with Crippen molar-refractivity contribution in [3.8, 4) is 0 Å². The van der Waals surface area contributed by atoms with Gasteiger partial charge in [0.2, 0.25) is 5.89 Å². The van der Waals surface area contributed by atoms with Crippen LogP contribution in [0.4, 0.5) is 0 Å². The number of hydrogen-bond acceptors (Lipinski definition) is 5. The lowest BCUT2D eigenvalue weighted by atomic mass is 10.0. The van der Waals surface area contributed by atoms with Crippen LogP contribution in [0.25, 0.3) is 0 Å². The first-order valence-electron chi connectivity index (χ1n) is 6.97. The number of aromatic nitrogens is 2. The number of rotatable bonds is 6. The van der Waals surface area contributed by atoms with Crippen LogP contribution in [-0.4, -0.2) is 39.2 Å². The fraction of sp³-hybridized carbons (Fsp3) is 0.769. The third-order valence-electron chi connectivity index (χ3n) is 3.92. The van der Waals surface area contributed by atoms with Gasteiger partial charge in [-0.3, -0.25) is 9.69 Å². The molecule has 3 rings (SSSR count). The highest BCUT2D eigenvalue weighted by molar-refractivity contribution is 5.66. The lowest BCUT2D eigenvalue weighted by molar-refractivity contribution is -0.137. The fourth-order valence-electron chi connectivity index (χ4n) is 2.65. The molecule has 0 aromatic carbocycles. The molecule has 1 aromatic rings. The molecule has 6 nitrogen and oxygen atoms in total. The number of aliphatic carboxylic acids is 1. The van der Waals surface area contributed by atoms with Crippen molar-refractivity contribution in [1.82, 2.24) is 15.0 Å².